The Morgan fingerprint density at radius 2 is 2.17 bits per heavy atom. The van der Waals surface area contributed by atoms with Crippen molar-refractivity contribution in [1.29, 1.82) is 0 Å². The molecule has 5 heteroatoms. The number of aryl methyl sites for hydroxylation is 1. The first-order valence-electron chi connectivity index (χ1n) is 6.49. The molecule has 0 saturated carbocycles. The lowest BCUT2D eigenvalue weighted by atomic mass is 10.3. The van der Waals surface area contributed by atoms with Crippen molar-refractivity contribution in [2.24, 2.45) is 0 Å². The molecule has 0 aliphatic rings. The van der Waals surface area contributed by atoms with Gasteiger partial charge < -0.3 is 10.6 Å². The number of carbonyl (C=O) groups excluding carboxylic acids is 1. The second-order valence-electron chi connectivity index (χ2n) is 5.07. The predicted octanol–water partition coefficient (Wildman–Crippen LogP) is 1.08. The van der Waals surface area contributed by atoms with Crippen molar-refractivity contribution in [2.45, 2.75) is 52.7 Å². The molecule has 1 aromatic heterocycles. The van der Waals surface area contributed by atoms with Crippen LogP contribution in [-0.4, -0.2) is 34.3 Å². The monoisotopic (exact) mass is 252 g/mol. The van der Waals surface area contributed by atoms with Gasteiger partial charge >= 0.3 is 0 Å². The van der Waals surface area contributed by atoms with Crippen molar-refractivity contribution in [3.63, 3.8) is 0 Å². The molecule has 18 heavy (non-hydrogen) atoms. The average molecular weight is 252 g/mol. The maximum absolute atomic E-state index is 11.4. The fraction of sp³-hybridized carbons (Fsp3) is 0.692. The molecular formula is C13H24N4O. The lowest BCUT2D eigenvalue weighted by molar-refractivity contribution is -0.121. The number of rotatable bonds is 7. The number of hydrogen-bond donors (Lipinski definition) is 2. The Kier molecular flexibility index (Phi) is 5.85. The standard InChI is InChI=1S/C13H24N4O/c1-10(2)16-13(18)5-6-14-12(4)9-17-8-11(3)7-15-17/h7-8,10,12,14H,5-6,9H2,1-4H3,(H,16,18)/t12-/m0/s1. The number of carbonyl (C=O) groups is 1. The Labute approximate surface area is 109 Å². The van der Waals surface area contributed by atoms with Crippen LogP contribution in [-0.2, 0) is 11.3 Å². The van der Waals surface area contributed by atoms with E-state index in [0.29, 0.717) is 19.0 Å². The number of hydrogen-bond acceptors (Lipinski definition) is 3. The molecule has 1 heterocycles. The summed E-state index contributed by atoms with van der Waals surface area (Å²) in [4.78, 5) is 11.4. The third-order valence-corrected chi connectivity index (χ3v) is 2.52. The molecule has 0 bridgehead atoms. The van der Waals surface area contributed by atoms with Crippen LogP contribution in [0.4, 0.5) is 0 Å². The summed E-state index contributed by atoms with van der Waals surface area (Å²) in [7, 11) is 0. The third kappa shape index (κ3) is 5.82. The fourth-order valence-electron chi connectivity index (χ4n) is 1.74. The van der Waals surface area contributed by atoms with E-state index in [1.807, 2.05) is 37.8 Å². The molecule has 5 nitrogen and oxygen atoms in total. The Bertz CT molecular complexity index is 373. The molecule has 1 atom stereocenters. The maximum Gasteiger partial charge on any atom is 0.221 e. The molecule has 0 fully saturated rings. The first-order valence-corrected chi connectivity index (χ1v) is 6.49. The molecule has 1 rings (SSSR count). The summed E-state index contributed by atoms with van der Waals surface area (Å²) < 4.78 is 1.92. The molecule has 0 spiro atoms. The van der Waals surface area contributed by atoms with Crippen molar-refractivity contribution in [3.05, 3.63) is 18.0 Å². The smallest absolute Gasteiger partial charge is 0.221 e. The normalized spacial score (nSPS) is 12.7. The first-order chi connectivity index (χ1) is 8.47. The van der Waals surface area contributed by atoms with Gasteiger partial charge in [-0.05, 0) is 33.3 Å². The van der Waals surface area contributed by atoms with Crippen molar-refractivity contribution in [2.75, 3.05) is 6.54 Å². The van der Waals surface area contributed by atoms with Gasteiger partial charge in [0.15, 0.2) is 0 Å². The summed E-state index contributed by atoms with van der Waals surface area (Å²) in [6.45, 7) is 9.57. The molecule has 0 radical (unpaired) electrons. The highest BCUT2D eigenvalue weighted by molar-refractivity contribution is 5.76. The number of amides is 1. The van der Waals surface area contributed by atoms with E-state index in [4.69, 9.17) is 0 Å². The quantitative estimate of drug-likeness (QED) is 0.763. The molecule has 102 valence electrons. The van der Waals surface area contributed by atoms with Crippen LogP contribution in [0.5, 0.6) is 0 Å². The van der Waals surface area contributed by atoms with Crippen molar-refractivity contribution < 1.29 is 4.79 Å². The lowest BCUT2D eigenvalue weighted by Crippen LogP contribution is -2.36. The maximum atomic E-state index is 11.4. The Balaban J connectivity index is 2.17. The molecule has 0 aliphatic carbocycles. The molecular weight excluding hydrogens is 228 g/mol. The van der Waals surface area contributed by atoms with Gasteiger partial charge in [-0.2, -0.15) is 5.10 Å². The first kappa shape index (κ1) is 14.7. The summed E-state index contributed by atoms with van der Waals surface area (Å²) in [5, 5.41) is 10.4. The Morgan fingerprint density at radius 3 is 2.72 bits per heavy atom. The van der Waals surface area contributed by atoms with Gasteiger partial charge in [-0.15, -0.1) is 0 Å². The highest BCUT2D eigenvalue weighted by atomic mass is 16.1. The zero-order valence-electron chi connectivity index (χ0n) is 11.7. The van der Waals surface area contributed by atoms with Gasteiger partial charge in [-0.1, -0.05) is 0 Å². The minimum atomic E-state index is 0.0969. The molecule has 0 aromatic carbocycles. The van der Waals surface area contributed by atoms with E-state index >= 15 is 0 Å². The van der Waals surface area contributed by atoms with Gasteiger partial charge in [-0.3, -0.25) is 9.48 Å². The van der Waals surface area contributed by atoms with Gasteiger partial charge in [0.1, 0.15) is 0 Å². The summed E-state index contributed by atoms with van der Waals surface area (Å²) in [6, 6.07) is 0.512. The Hall–Kier alpha value is -1.36. The predicted molar refractivity (Wildman–Crippen MR) is 72.3 cm³/mol. The zero-order valence-corrected chi connectivity index (χ0v) is 11.7. The molecule has 0 aliphatic heterocycles. The minimum absolute atomic E-state index is 0.0969. The SMILES string of the molecule is Cc1cnn(C[C@H](C)NCCC(=O)NC(C)C)c1. The second-order valence-corrected chi connectivity index (χ2v) is 5.07. The number of nitrogens with one attached hydrogen (secondary N) is 2. The van der Waals surface area contributed by atoms with E-state index in [1.165, 1.54) is 5.56 Å². The molecule has 2 N–H and O–H groups in total. The molecule has 0 unspecified atom stereocenters. The van der Waals surface area contributed by atoms with Gasteiger partial charge in [0.25, 0.3) is 0 Å². The molecule has 1 amide bonds. The number of aromatic nitrogens is 2. The number of nitrogens with zero attached hydrogens (tertiary/aromatic N) is 2. The van der Waals surface area contributed by atoms with Crippen LogP contribution in [0.2, 0.25) is 0 Å². The average Bonchev–Trinajstić information content (AvgIpc) is 2.62. The fourth-order valence-corrected chi connectivity index (χ4v) is 1.74. The van der Waals surface area contributed by atoms with E-state index in [1.54, 1.807) is 0 Å². The van der Waals surface area contributed by atoms with Crippen LogP contribution < -0.4 is 10.6 Å². The topological polar surface area (TPSA) is 59.0 Å². The summed E-state index contributed by atoms with van der Waals surface area (Å²) in [6.07, 6.45) is 4.38. The van der Waals surface area contributed by atoms with E-state index in [0.717, 1.165) is 6.54 Å². The van der Waals surface area contributed by atoms with E-state index < -0.39 is 0 Å². The van der Waals surface area contributed by atoms with Crippen molar-refractivity contribution >= 4 is 5.91 Å². The second kappa shape index (κ2) is 7.16. The summed E-state index contributed by atoms with van der Waals surface area (Å²) >= 11 is 0. The third-order valence-electron chi connectivity index (χ3n) is 2.52. The van der Waals surface area contributed by atoms with E-state index in [-0.39, 0.29) is 11.9 Å². The van der Waals surface area contributed by atoms with Crippen LogP contribution in [0.1, 0.15) is 32.8 Å². The summed E-state index contributed by atoms with van der Waals surface area (Å²) in [5.41, 5.74) is 1.17. The van der Waals surface area contributed by atoms with E-state index in [9.17, 15) is 4.79 Å². The van der Waals surface area contributed by atoms with Crippen LogP contribution in [0.25, 0.3) is 0 Å². The van der Waals surface area contributed by atoms with Crippen LogP contribution in [0, 0.1) is 6.92 Å². The van der Waals surface area contributed by atoms with Crippen LogP contribution in [0.3, 0.4) is 0 Å². The lowest BCUT2D eigenvalue weighted by Gasteiger charge is -2.14. The van der Waals surface area contributed by atoms with Gasteiger partial charge in [0.05, 0.1) is 12.7 Å². The Morgan fingerprint density at radius 1 is 1.44 bits per heavy atom. The summed E-state index contributed by atoms with van der Waals surface area (Å²) in [5.74, 6) is 0.0969. The van der Waals surface area contributed by atoms with Crippen molar-refractivity contribution in [3.8, 4) is 0 Å². The molecule has 0 saturated heterocycles. The highest BCUT2D eigenvalue weighted by Crippen LogP contribution is 1.96. The van der Waals surface area contributed by atoms with Gasteiger partial charge in [-0.25, -0.2) is 0 Å². The van der Waals surface area contributed by atoms with E-state index in [2.05, 4.69) is 22.7 Å². The van der Waals surface area contributed by atoms with Gasteiger partial charge in [0, 0.05) is 31.2 Å². The largest absolute Gasteiger partial charge is 0.354 e. The van der Waals surface area contributed by atoms with Gasteiger partial charge in [0.2, 0.25) is 5.91 Å². The van der Waals surface area contributed by atoms with Crippen LogP contribution in [0.15, 0.2) is 12.4 Å². The minimum Gasteiger partial charge on any atom is -0.354 e. The zero-order chi connectivity index (χ0) is 13.5. The molecule has 1 aromatic rings. The van der Waals surface area contributed by atoms with Crippen LogP contribution >= 0.6 is 0 Å². The highest BCUT2D eigenvalue weighted by Gasteiger charge is 2.06. The van der Waals surface area contributed by atoms with Crippen molar-refractivity contribution in [1.82, 2.24) is 20.4 Å².